The maximum Gasteiger partial charge on any atom is 0.190 e. The smallest absolute Gasteiger partial charge is 0.190 e. The fourth-order valence-electron chi connectivity index (χ4n) is 1.40. The quantitative estimate of drug-likeness (QED) is 0.751. The van der Waals surface area contributed by atoms with Crippen LogP contribution in [0.4, 0.5) is 0 Å². The van der Waals surface area contributed by atoms with Gasteiger partial charge in [-0.3, -0.25) is 4.79 Å². The van der Waals surface area contributed by atoms with Crippen molar-refractivity contribution in [3.63, 3.8) is 0 Å². The molecule has 1 heterocycles. The van der Waals surface area contributed by atoms with Crippen LogP contribution in [-0.2, 0) is 0 Å². The van der Waals surface area contributed by atoms with Gasteiger partial charge in [0.25, 0.3) is 0 Å². The highest BCUT2D eigenvalue weighted by atomic mass is 79.9. The molecule has 1 aromatic carbocycles. The molecule has 0 bridgehead atoms. The van der Waals surface area contributed by atoms with Crippen LogP contribution in [0.5, 0.6) is 0 Å². The zero-order valence-corrected chi connectivity index (χ0v) is 8.68. The molecule has 2 aromatic rings. The summed E-state index contributed by atoms with van der Waals surface area (Å²) >= 11 is 3.35. The predicted molar refractivity (Wildman–Crippen MR) is 57.0 cm³/mol. The van der Waals surface area contributed by atoms with E-state index in [0.29, 0.717) is 5.39 Å². The Morgan fingerprint density at radius 3 is 2.92 bits per heavy atom. The fourth-order valence-corrected chi connectivity index (χ4v) is 1.96. The minimum absolute atomic E-state index is 0.0544. The average Bonchev–Trinajstić information content (AvgIpc) is 2.02. The molecule has 0 aliphatic carbocycles. The molecule has 1 aromatic heterocycles. The van der Waals surface area contributed by atoms with E-state index < -0.39 is 0 Å². The van der Waals surface area contributed by atoms with Crippen molar-refractivity contribution < 1.29 is 0 Å². The van der Waals surface area contributed by atoms with Gasteiger partial charge in [-0.25, -0.2) is 0 Å². The first-order chi connectivity index (χ1) is 6.18. The molecule has 0 aliphatic rings. The zero-order chi connectivity index (χ0) is 9.42. The number of aromatic amines is 1. The maximum absolute atomic E-state index is 11.6. The third-order valence-electron chi connectivity index (χ3n) is 1.94. The lowest BCUT2D eigenvalue weighted by Crippen LogP contribution is -2.03. The normalized spacial score (nSPS) is 10.6. The van der Waals surface area contributed by atoms with Crippen LogP contribution in [0, 0.1) is 6.92 Å². The molecule has 2 nitrogen and oxygen atoms in total. The van der Waals surface area contributed by atoms with E-state index in [1.54, 1.807) is 6.07 Å². The van der Waals surface area contributed by atoms with Crippen molar-refractivity contribution in [2.24, 2.45) is 0 Å². The van der Waals surface area contributed by atoms with Crippen LogP contribution in [0.3, 0.4) is 0 Å². The summed E-state index contributed by atoms with van der Waals surface area (Å²) in [6.07, 6.45) is 0. The summed E-state index contributed by atoms with van der Waals surface area (Å²) in [4.78, 5) is 14.7. The SMILES string of the molecule is Cc1cc(=O)c2c(Br)cccc2[nH]1. The molecule has 1 N–H and O–H groups in total. The number of rotatable bonds is 0. The van der Waals surface area contributed by atoms with Crippen molar-refractivity contribution in [3.8, 4) is 0 Å². The van der Waals surface area contributed by atoms with E-state index in [2.05, 4.69) is 20.9 Å². The molecule has 0 unspecified atom stereocenters. The Balaban J connectivity index is 3.03. The largest absolute Gasteiger partial charge is 0.358 e. The standard InChI is InChI=1S/C10H8BrNO/c1-6-5-9(13)10-7(11)3-2-4-8(10)12-6/h2-5H,1H3,(H,12,13). The van der Waals surface area contributed by atoms with Crippen LogP contribution in [0.2, 0.25) is 0 Å². The van der Waals surface area contributed by atoms with E-state index in [0.717, 1.165) is 15.7 Å². The van der Waals surface area contributed by atoms with Crippen LogP contribution in [0.1, 0.15) is 5.69 Å². The van der Waals surface area contributed by atoms with Crippen molar-refractivity contribution in [2.75, 3.05) is 0 Å². The van der Waals surface area contributed by atoms with Gasteiger partial charge >= 0.3 is 0 Å². The number of H-pyrrole nitrogens is 1. The number of pyridine rings is 1. The van der Waals surface area contributed by atoms with Crippen LogP contribution in [-0.4, -0.2) is 4.98 Å². The van der Waals surface area contributed by atoms with Crippen LogP contribution in [0.15, 0.2) is 33.5 Å². The molecule has 0 saturated carbocycles. The number of aryl methyl sites for hydroxylation is 1. The predicted octanol–water partition coefficient (Wildman–Crippen LogP) is 2.60. The van der Waals surface area contributed by atoms with Gasteiger partial charge in [0.15, 0.2) is 5.43 Å². The van der Waals surface area contributed by atoms with E-state index in [1.807, 2.05) is 25.1 Å². The van der Waals surface area contributed by atoms with Crippen LogP contribution >= 0.6 is 15.9 Å². The molecule has 0 aliphatic heterocycles. The lowest BCUT2D eigenvalue weighted by Gasteiger charge is -2.00. The second-order valence-electron chi connectivity index (χ2n) is 2.98. The molecule has 0 saturated heterocycles. The lowest BCUT2D eigenvalue weighted by atomic mass is 10.2. The molecule has 0 radical (unpaired) electrons. The summed E-state index contributed by atoms with van der Waals surface area (Å²) in [5.74, 6) is 0. The minimum Gasteiger partial charge on any atom is -0.358 e. The van der Waals surface area contributed by atoms with Crippen molar-refractivity contribution in [2.45, 2.75) is 6.92 Å². The monoisotopic (exact) mass is 237 g/mol. The summed E-state index contributed by atoms with van der Waals surface area (Å²) < 4.78 is 0.839. The molecule has 0 amide bonds. The summed E-state index contributed by atoms with van der Waals surface area (Å²) in [7, 11) is 0. The van der Waals surface area contributed by atoms with Gasteiger partial charge in [-0.2, -0.15) is 0 Å². The van der Waals surface area contributed by atoms with E-state index in [-0.39, 0.29) is 5.43 Å². The minimum atomic E-state index is 0.0544. The second-order valence-corrected chi connectivity index (χ2v) is 3.83. The molecule has 0 atom stereocenters. The molecular weight excluding hydrogens is 230 g/mol. The van der Waals surface area contributed by atoms with E-state index in [4.69, 9.17) is 0 Å². The summed E-state index contributed by atoms with van der Waals surface area (Å²) in [6.45, 7) is 1.88. The number of nitrogens with one attached hydrogen (secondary N) is 1. The van der Waals surface area contributed by atoms with Gasteiger partial charge in [0.05, 0.1) is 10.9 Å². The summed E-state index contributed by atoms with van der Waals surface area (Å²) in [6, 6.07) is 7.27. The second kappa shape index (κ2) is 3.00. The highest BCUT2D eigenvalue weighted by Crippen LogP contribution is 2.18. The Kier molecular flexibility index (Phi) is 1.96. The summed E-state index contributed by atoms with van der Waals surface area (Å²) in [5, 5.41) is 0.716. The van der Waals surface area contributed by atoms with Crippen molar-refractivity contribution >= 4 is 26.8 Å². The Bertz CT molecular complexity index is 516. The molecular formula is C10H8BrNO. The van der Waals surface area contributed by atoms with Crippen molar-refractivity contribution in [1.29, 1.82) is 0 Å². The number of hydrogen-bond donors (Lipinski definition) is 1. The first-order valence-corrected chi connectivity index (χ1v) is 4.76. The third-order valence-corrected chi connectivity index (χ3v) is 2.60. The number of fused-ring (bicyclic) bond motifs is 1. The van der Waals surface area contributed by atoms with E-state index in [1.165, 1.54) is 0 Å². The zero-order valence-electron chi connectivity index (χ0n) is 7.10. The van der Waals surface area contributed by atoms with Crippen molar-refractivity contribution in [1.82, 2.24) is 4.98 Å². The van der Waals surface area contributed by atoms with Gasteiger partial charge in [0.1, 0.15) is 0 Å². The molecule has 3 heteroatoms. The third kappa shape index (κ3) is 1.40. The molecule has 2 rings (SSSR count). The van der Waals surface area contributed by atoms with E-state index in [9.17, 15) is 4.79 Å². The fraction of sp³-hybridized carbons (Fsp3) is 0.100. The Labute approximate surface area is 83.7 Å². The van der Waals surface area contributed by atoms with Crippen molar-refractivity contribution in [3.05, 3.63) is 44.7 Å². The molecule has 0 spiro atoms. The number of benzene rings is 1. The topological polar surface area (TPSA) is 32.9 Å². The van der Waals surface area contributed by atoms with Crippen LogP contribution < -0.4 is 5.43 Å². The molecule has 13 heavy (non-hydrogen) atoms. The molecule has 66 valence electrons. The number of hydrogen-bond acceptors (Lipinski definition) is 1. The average molecular weight is 238 g/mol. The van der Waals surface area contributed by atoms with Gasteiger partial charge in [0.2, 0.25) is 0 Å². The van der Waals surface area contributed by atoms with Gasteiger partial charge in [-0.05, 0) is 35.0 Å². The Morgan fingerprint density at radius 2 is 2.15 bits per heavy atom. The van der Waals surface area contributed by atoms with Gasteiger partial charge in [0, 0.05) is 16.2 Å². The maximum atomic E-state index is 11.6. The van der Waals surface area contributed by atoms with Gasteiger partial charge < -0.3 is 4.98 Å². The lowest BCUT2D eigenvalue weighted by molar-refractivity contribution is 1.24. The molecule has 0 fully saturated rings. The summed E-state index contributed by atoms with van der Waals surface area (Å²) in [5.41, 5.74) is 1.81. The first kappa shape index (κ1) is 8.51. The highest BCUT2D eigenvalue weighted by molar-refractivity contribution is 9.10. The highest BCUT2D eigenvalue weighted by Gasteiger charge is 2.02. The first-order valence-electron chi connectivity index (χ1n) is 3.96. The van der Waals surface area contributed by atoms with E-state index >= 15 is 0 Å². The Morgan fingerprint density at radius 1 is 1.38 bits per heavy atom. The van der Waals surface area contributed by atoms with Gasteiger partial charge in [-0.1, -0.05) is 6.07 Å². The number of aromatic nitrogens is 1. The Hall–Kier alpha value is -1.09. The number of halogens is 1. The van der Waals surface area contributed by atoms with Crippen LogP contribution in [0.25, 0.3) is 10.9 Å². The van der Waals surface area contributed by atoms with Gasteiger partial charge in [-0.15, -0.1) is 0 Å².